The van der Waals surface area contributed by atoms with Gasteiger partial charge < -0.3 is 0 Å². The van der Waals surface area contributed by atoms with Crippen LogP contribution in [0.1, 0.15) is 0 Å². The number of hydrogen-bond acceptors (Lipinski definition) is 3. The van der Waals surface area contributed by atoms with Crippen LogP contribution in [0.3, 0.4) is 0 Å². The van der Waals surface area contributed by atoms with Gasteiger partial charge in [0.25, 0.3) is 0 Å². The molecule has 0 N–H and O–H groups in total. The minimum Gasteiger partial charge on any atom is -0.236 e. The molecule has 0 aromatic carbocycles. The summed E-state index contributed by atoms with van der Waals surface area (Å²) >= 11 is 9.18. The van der Waals surface area contributed by atoms with Gasteiger partial charge in [-0.05, 0) is 22.0 Å². The van der Waals surface area contributed by atoms with E-state index in [1.54, 1.807) is 12.3 Å². The van der Waals surface area contributed by atoms with Gasteiger partial charge in [0.1, 0.15) is 11.5 Å². The second-order valence-electron chi connectivity index (χ2n) is 2.16. The molecule has 60 valence electrons. The topological polar surface area (TPSA) is 38.7 Å². The molecule has 0 bridgehead atoms. The van der Waals surface area contributed by atoms with Gasteiger partial charge in [0, 0.05) is 10.7 Å². The first-order chi connectivity index (χ1) is 5.79. The van der Waals surface area contributed by atoms with E-state index in [1.165, 1.54) is 6.33 Å². The van der Waals surface area contributed by atoms with Crippen LogP contribution in [-0.4, -0.2) is 15.0 Å². The molecule has 2 aromatic heterocycles. The van der Waals surface area contributed by atoms with Gasteiger partial charge in [-0.1, -0.05) is 11.6 Å². The van der Waals surface area contributed by atoms with Gasteiger partial charge in [-0.2, -0.15) is 0 Å². The third-order valence-electron chi connectivity index (χ3n) is 1.44. The minimum absolute atomic E-state index is 0.417. The van der Waals surface area contributed by atoms with Crippen LogP contribution in [0.2, 0.25) is 5.15 Å². The van der Waals surface area contributed by atoms with Crippen molar-refractivity contribution in [2.24, 2.45) is 0 Å². The smallest absolute Gasteiger partial charge is 0.165 e. The van der Waals surface area contributed by atoms with Crippen molar-refractivity contribution in [3.63, 3.8) is 0 Å². The van der Waals surface area contributed by atoms with E-state index >= 15 is 0 Å². The predicted molar refractivity (Wildman–Crippen MR) is 50.0 cm³/mol. The van der Waals surface area contributed by atoms with Crippen LogP contribution in [0, 0.1) is 0 Å². The average Bonchev–Trinajstić information content (AvgIpc) is 2.04. The summed E-state index contributed by atoms with van der Waals surface area (Å²) in [6, 6.07) is 1.80. The maximum absolute atomic E-state index is 5.84. The van der Waals surface area contributed by atoms with Gasteiger partial charge in [-0.15, -0.1) is 0 Å². The summed E-state index contributed by atoms with van der Waals surface area (Å²) in [7, 11) is 0. The summed E-state index contributed by atoms with van der Waals surface area (Å²) in [4.78, 5) is 11.9. The number of aromatic nitrogens is 3. The van der Waals surface area contributed by atoms with Gasteiger partial charge in [0.2, 0.25) is 0 Å². The van der Waals surface area contributed by atoms with Gasteiger partial charge in [0.15, 0.2) is 5.65 Å². The van der Waals surface area contributed by atoms with Crippen molar-refractivity contribution in [3.8, 4) is 0 Å². The lowest BCUT2D eigenvalue weighted by Crippen LogP contribution is -1.87. The SMILES string of the molecule is Clc1ncnc2nccc(Br)c12. The van der Waals surface area contributed by atoms with Crippen molar-refractivity contribution in [1.82, 2.24) is 15.0 Å². The Kier molecular flexibility index (Phi) is 1.94. The minimum atomic E-state index is 0.417. The van der Waals surface area contributed by atoms with Gasteiger partial charge in [0.05, 0.1) is 5.39 Å². The molecule has 0 atom stereocenters. The fourth-order valence-electron chi connectivity index (χ4n) is 0.915. The third-order valence-corrected chi connectivity index (χ3v) is 2.38. The molecule has 0 aliphatic heterocycles. The van der Waals surface area contributed by atoms with Crippen molar-refractivity contribution >= 4 is 38.6 Å². The first-order valence-electron chi connectivity index (χ1n) is 3.20. The van der Waals surface area contributed by atoms with Crippen LogP contribution in [0.5, 0.6) is 0 Å². The quantitative estimate of drug-likeness (QED) is 0.668. The Labute approximate surface area is 81.9 Å². The zero-order chi connectivity index (χ0) is 8.55. The fourth-order valence-corrected chi connectivity index (χ4v) is 1.74. The highest BCUT2D eigenvalue weighted by Crippen LogP contribution is 2.25. The second-order valence-corrected chi connectivity index (χ2v) is 3.37. The summed E-state index contributed by atoms with van der Waals surface area (Å²) in [6.07, 6.45) is 3.06. The Balaban J connectivity index is 2.96. The highest BCUT2D eigenvalue weighted by atomic mass is 79.9. The average molecular weight is 244 g/mol. The number of halogens is 2. The number of rotatable bonds is 0. The Morgan fingerprint density at radius 1 is 1.25 bits per heavy atom. The van der Waals surface area contributed by atoms with E-state index in [0.29, 0.717) is 10.8 Å². The first kappa shape index (κ1) is 7.89. The lowest BCUT2D eigenvalue weighted by atomic mass is 10.3. The molecule has 2 rings (SSSR count). The zero-order valence-electron chi connectivity index (χ0n) is 5.83. The molecule has 3 nitrogen and oxygen atoms in total. The molecule has 0 radical (unpaired) electrons. The van der Waals surface area contributed by atoms with E-state index in [4.69, 9.17) is 11.6 Å². The molecule has 0 saturated heterocycles. The van der Waals surface area contributed by atoms with E-state index < -0.39 is 0 Å². The lowest BCUT2D eigenvalue weighted by Gasteiger charge is -1.98. The van der Waals surface area contributed by atoms with E-state index in [9.17, 15) is 0 Å². The monoisotopic (exact) mass is 243 g/mol. The standard InChI is InChI=1S/C7H3BrClN3/c8-4-1-2-10-7-5(4)6(9)11-3-12-7/h1-3H. The summed E-state index contributed by atoms with van der Waals surface area (Å²) in [5.74, 6) is 0. The van der Waals surface area contributed by atoms with Gasteiger partial charge in [-0.3, -0.25) is 0 Å². The maximum Gasteiger partial charge on any atom is 0.165 e. The molecule has 0 fully saturated rings. The predicted octanol–water partition coefficient (Wildman–Crippen LogP) is 2.44. The molecule has 2 aromatic rings. The molecular formula is C7H3BrClN3. The molecule has 0 aliphatic rings. The van der Waals surface area contributed by atoms with Crippen LogP contribution in [0.15, 0.2) is 23.1 Å². The number of fused-ring (bicyclic) bond motifs is 1. The highest BCUT2D eigenvalue weighted by Gasteiger charge is 2.04. The first-order valence-corrected chi connectivity index (χ1v) is 4.37. The number of nitrogens with zero attached hydrogens (tertiary/aromatic N) is 3. The normalized spacial score (nSPS) is 10.5. The van der Waals surface area contributed by atoms with Crippen molar-refractivity contribution in [3.05, 3.63) is 28.2 Å². The largest absolute Gasteiger partial charge is 0.236 e. The highest BCUT2D eigenvalue weighted by molar-refractivity contribution is 9.10. The Morgan fingerprint density at radius 3 is 2.83 bits per heavy atom. The van der Waals surface area contributed by atoms with Crippen LogP contribution >= 0.6 is 27.5 Å². The van der Waals surface area contributed by atoms with Crippen LogP contribution in [0.4, 0.5) is 0 Å². The Hall–Kier alpha value is -0.740. The van der Waals surface area contributed by atoms with Gasteiger partial charge >= 0.3 is 0 Å². The molecule has 2 heterocycles. The van der Waals surface area contributed by atoms with E-state index in [2.05, 4.69) is 30.9 Å². The van der Waals surface area contributed by atoms with Crippen molar-refractivity contribution in [2.75, 3.05) is 0 Å². The molecule has 5 heteroatoms. The maximum atomic E-state index is 5.84. The zero-order valence-corrected chi connectivity index (χ0v) is 8.17. The Bertz CT molecular complexity index is 395. The van der Waals surface area contributed by atoms with Crippen molar-refractivity contribution < 1.29 is 0 Å². The molecule has 0 amide bonds. The Morgan fingerprint density at radius 2 is 2.08 bits per heavy atom. The molecule has 12 heavy (non-hydrogen) atoms. The fraction of sp³-hybridized carbons (Fsp3) is 0. The molecule has 0 saturated carbocycles. The molecular weight excluding hydrogens is 241 g/mol. The number of hydrogen-bond donors (Lipinski definition) is 0. The van der Waals surface area contributed by atoms with Gasteiger partial charge in [-0.25, -0.2) is 15.0 Å². The third kappa shape index (κ3) is 1.17. The lowest BCUT2D eigenvalue weighted by molar-refractivity contribution is 1.18. The van der Waals surface area contributed by atoms with E-state index in [-0.39, 0.29) is 0 Å². The molecule has 0 aliphatic carbocycles. The van der Waals surface area contributed by atoms with Crippen LogP contribution in [0.25, 0.3) is 11.0 Å². The van der Waals surface area contributed by atoms with E-state index in [1.807, 2.05) is 0 Å². The summed E-state index contributed by atoms with van der Waals surface area (Å²) in [5.41, 5.74) is 0.601. The van der Waals surface area contributed by atoms with Crippen molar-refractivity contribution in [2.45, 2.75) is 0 Å². The number of pyridine rings is 1. The summed E-state index contributed by atoms with van der Waals surface area (Å²) < 4.78 is 0.859. The summed E-state index contributed by atoms with van der Waals surface area (Å²) in [5, 5.41) is 1.17. The van der Waals surface area contributed by atoms with E-state index in [0.717, 1.165) is 9.86 Å². The second kappa shape index (κ2) is 2.95. The van der Waals surface area contributed by atoms with Crippen LogP contribution in [-0.2, 0) is 0 Å². The van der Waals surface area contributed by atoms with Crippen LogP contribution < -0.4 is 0 Å². The molecule has 0 unspecified atom stereocenters. The molecule has 0 spiro atoms. The van der Waals surface area contributed by atoms with Crippen molar-refractivity contribution in [1.29, 1.82) is 0 Å². The summed E-state index contributed by atoms with van der Waals surface area (Å²) in [6.45, 7) is 0.